The van der Waals surface area contributed by atoms with Crippen molar-refractivity contribution in [3.05, 3.63) is 77.7 Å². The van der Waals surface area contributed by atoms with E-state index in [4.69, 9.17) is 0 Å². The van der Waals surface area contributed by atoms with Crippen LogP contribution in [0.15, 0.2) is 60.8 Å². The molecule has 20 heavy (non-hydrogen) atoms. The summed E-state index contributed by atoms with van der Waals surface area (Å²) in [7, 11) is 0. The summed E-state index contributed by atoms with van der Waals surface area (Å²) in [6, 6.07) is 16.7. The highest BCUT2D eigenvalue weighted by Crippen LogP contribution is 2.15. The molecule has 0 saturated carbocycles. The van der Waals surface area contributed by atoms with Crippen molar-refractivity contribution in [2.45, 2.75) is 13.1 Å². The van der Waals surface area contributed by atoms with Gasteiger partial charge in [-0.25, -0.2) is 4.39 Å². The molecule has 0 amide bonds. The van der Waals surface area contributed by atoms with Gasteiger partial charge in [0.2, 0.25) is 0 Å². The average Bonchev–Trinajstić information content (AvgIpc) is 2.49. The molecular formula is C17H15FN2. The van der Waals surface area contributed by atoms with Gasteiger partial charge in [-0.05, 0) is 29.3 Å². The lowest BCUT2D eigenvalue weighted by Gasteiger charge is -2.07. The second kappa shape index (κ2) is 5.80. The lowest BCUT2D eigenvalue weighted by atomic mass is 10.1. The van der Waals surface area contributed by atoms with Gasteiger partial charge in [0.05, 0.1) is 5.52 Å². The second-order valence-corrected chi connectivity index (χ2v) is 4.72. The minimum Gasteiger partial charge on any atom is -0.309 e. The molecule has 3 heteroatoms. The molecule has 2 aromatic carbocycles. The Morgan fingerprint density at radius 1 is 0.900 bits per heavy atom. The summed E-state index contributed by atoms with van der Waals surface area (Å²) in [6.07, 6.45) is 1.81. The van der Waals surface area contributed by atoms with E-state index >= 15 is 0 Å². The maximum absolute atomic E-state index is 12.8. The number of aromatic nitrogens is 1. The van der Waals surface area contributed by atoms with Crippen LogP contribution in [0.3, 0.4) is 0 Å². The molecule has 0 fully saturated rings. The van der Waals surface area contributed by atoms with Crippen molar-refractivity contribution >= 4 is 10.9 Å². The maximum atomic E-state index is 12.8. The number of benzene rings is 2. The van der Waals surface area contributed by atoms with Gasteiger partial charge in [0.25, 0.3) is 0 Å². The minimum absolute atomic E-state index is 0.202. The minimum atomic E-state index is -0.202. The van der Waals surface area contributed by atoms with Crippen molar-refractivity contribution in [2.75, 3.05) is 0 Å². The summed E-state index contributed by atoms with van der Waals surface area (Å²) in [5.74, 6) is -0.202. The van der Waals surface area contributed by atoms with Crippen LogP contribution < -0.4 is 5.32 Å². The monoisotopic (exact) mass is 266 g/mol. The van der Waals surface area contributed by atoms with Crippen LogP contribution in [0.2, 0.25) is 0 Å². The Morgan fingerprint density at radius 2 is 1.70 bits per heavy atom. The molecule has 0 aliphatic rings. The summed E-state index contributed by atoms with van der Waals surface area (Å²) in [5.41, 5.74) is 3.27. The molecule has 0 radical (unpaired) electrons. The van der Waals surface area contributed by atoms with E-state index in [1.54, 1.807) is 12.1 Å². The van der Waals surface area contributed by atoms with Crippen LogP contribution in [0, 0.1) is 5.82 Å². The van der Waals surface area contributed by atoms with Gasteiger partial charge in [-0.3, -0.25) is 4.98 Å². The smallest absolute Gasteiger partial charge is 0.123 e. The molecule has 0 aliphatic heterocycles. The van der Waals surface area contributed by atoms with Gasteiger partial charge in [0, 0.05) is 24.7 Å². The zero-order chi connectivity index (χ0) is 13.8. The van der Waals surface area contributed by atoms with Crippen molar-refractivity contribution in [3.63, 3.8) is 0 Å². The molecular weight excluding hydrogens is 251 g/mol. The topological polar surface area (TPSA) is 24.9 Å². The van der Waals surface area contributed by atoms with Gasteiger partial charge in [-0.15, -0.1) is 0 Å². The zero-order valence-corrected chi connectivity index (χ0v) is 11.0. The average molecular weight is 266 g/mol. The molecule has 3 rings (SSSR count). The molecule has 1 aromatic heterocycles. The molecule has 1 heterocycles. The third kappa shape index (κ3) is 2.83. The van der Waals surface area contributed by atoms with Gasteiger partial charge in [0.15, 0.2) is 0 Å². The first kappa shape index (κ1) is 12.8. The number of nitrogens with zero attached hydrogens (tertiary/aromatic N) is 1. The first-order valence-electron chi connectivity index (χ1n) is 6.61. The van der Waals surface area contributed by atoms with Gasteiger partial charge in [-0.2, -0.15) is 0 Å². The van der Waals surface area contributed by atoms with Crippen LogP contribution in [0.5, 0.6) is 0 Å². The molecule has 0 atom stereocenters. The van der Waals surface area contributed by atoms with E-state index in [1.165, 1.54) is 17.7 Å². The fourth-order valence-electron chi connectivity index (χ4n) is 2.25. The summed E-state index contributed by atoms with van der Waals surface area (Å²) in [6.45, 7) is 1.45. The Bertz CT molecular complexity index is 702. The molecule has 0 bridgehead atoms. The van der Waals surface area contributed by atoms with Gasteiger partial charge in [-0.1, -0.05) is 36.4 Å². The largest absolute Gasteiger partial charge is 0.309 e. The highest BCUT2D eigenvalue weighted by atomic mass is 19.1. The van der Waals surface area contributed by atoms with Gasteiger partial charge < -0.3 is 5.32 Å². The number of nitrogens with one attached hydrogen (secondary N) is 1. The zero-order valence-electron chi connectivity index (χ0n) is 11.0. The molecule has 0 spiro atoms. The van der Waals surface area contributed by atoms with Crippen molar-refractivity contribution in [1.82, 2.24) is 10.3 Å². The van der Waals surface area contributed by atoms with Crippen molar-refractivity contribution in [3.8, 4) is 0 Å². The first-order chi connectivity index (χ1) is 9.83. The Morgan fingerprint density at radius 3 is 2.55 bits per heavy atom. The number of pyridine rings is 1. The van der Waals surface area contributed by atoms with E-state index in [0.717, 1.165) is 23.0 Å². The SMILES string of the molecule is Fc1ccc(CNCc2cccc3cccnc23)cc1. The summed E-state index contributed by atoms with van der Waals surface area (Å²) >= 11 is 0. The molecule has 3 aromatic rings. The van der Waals surface area contributed by atoms with Gasteiger partial charge >= 0.3 is 0 Å². The Hall–Kier alpha value is -2.26. The number of hydrogen-bond acceptors (Lipinski definition) is 2. The molecule has 1 N–H and O–H groups in total. The number of rotatable bonds is 4. The Kier molecular flexibility index (Phi) is 3.70. The second-order valence-electron chi connectivity index (χ2n) is 4.72. The summed E-state index contributed by atoms with van der Waals surface area (Å²) in [4.78, 5) is 4.43. The predicted octanol–water partition coefficient (Wildman–Crippen LogP) is 3.66. The van der Waals surface area contributed by atoms with E-state index in [2.05, 4.69) is 28.5 Å². The van der Waals surface area contributed by atoms with E-state index in [9.17, 15) is 4.39 Å². The van der Waals surface area contributed by atoms with Crippen LogP contribution in [0.25, 0.3) is 10.9 Å². The van der Waals surface area contributed by atoms with Gasteiger partial charge in [0.1, 0.15) is 5.82 Å². The predicted molar refractivity (Wildman–Crippen MR) is 78.7 cm³/mol. The van der Waals surface area contributed by atoms with E-state index < -0.39 is 0 Å². The fourth-order valence-corrected chi connectivity index (χ4v) is 2.25. The normalized spacial score (nSPS) is 10.8. The standard InChI is InChI=1S/C17H15FN2/c18-16-8-6-13(7-9-16)11-19-12-15-4-1-3-14-5-2-10-20-17(14)15/h1-10,19H,11-12H2. The first-order valence-corrected chi connectivity index (χ1v) is 6.61. The Labute approximate surface area is 117 Å². The molecule has 0 saturated heterocycles. The number of para-hydroxylation sites is 1. The third-order valence-corrected chi connectivity index (χ3v) is 3.27. The molecule has 0 aliphatic carbocycles. The van der Waals surface area contributed by atoms with Crippen LogP contribution in [-0.2, 0) is 13.1 Å². The van der Waals surface area contributed by atoms with E-state index in [0.29, 0.717) is 6.54 Å². The van der Waals surface area contributed by atoms with Crippen molar-refractivity contribution in [1.29, 1.82) is 0 Å². The molecule has 100 valence electrons. The molecule has 2 nitrogen and oxygen atoms in total. The summed E-state index contributed by atoms with van der Waals surface area (Å²) in [5, 5.41) is 4.51. The Balaban J connectivity index is 1.69. The van der Waals surface area contributed by atoms with Crippen LogP contribution in [0.1, 0.15) is 11.1 Å². The van der Waals surface area contributed by atoms with Crippen LogP contribution in [0.4, 0.5) is 4.39 Å². The number of halogens is 1. The highest BCUT2D eigenvalue weighted by molar-refractivity contribution is 5.81. The fraction of sp³-hybridized carbons (Fsp3) is 0.118. The van der Waals surface area contributed by atoms with Crippen LogP contribution >= 0.6 is 0 Å². The number of fused-ring (bicyclic) bond motifs is 1. The number of hydrogen-bond donors (Lipinski definition) is 1. The maximum Gasteiger partial charge on any atom is 0.123 e. The van der Waals surface area contributed by atoms with Crippen LogP contribution in [-0.4, -0.2) is 4.98 Å². The lowest BCUT2D eigenvalue weighted by Crippen LogP contribution is -2.13. The van der Waals surface area contributed by atoms with E-state index in [-0.39, 0.29) is 5.82 Å². The van der Waals surface area contributed by atoms with Crippen molar-refractivity contribution < 1.29 is 4.39 Å². The molecule has 0 unspecified atom stereocenters. The third-order valence-electron chi connectivity index (χ3n) is 3.27. The lowest BCUT2D eigenvalue weighted by molar-refractivity contribution is 0.625. The van der Waals surface area contributed by atoms with E-state index in [1.807, 2.05) is 18.3 Å². The quantitative estimate of drug-likeness (QED) is 0.779. The van der Waals surface area contributed by atoms with Crippen molar-refractivity contribution in [2.24, 2.45) is 0 Å². The summed E-state index contributed by atoms with van der Waals surface area (Å²) < 4.78 is 12.8. The highest BCUT2D eigenvalue weighted by Gasteiger charge is 2.01.